The van der Waals surface area contributed by atoms with Gasteiger partial charge in [-0.05, 0) is 36.8 Å². The van der Waals surface area contributed by atoms with E-state index in [4.69, 9.17) is 4.74 Å². The van der Waals surface area contributed by atoms with Gasteiger partial charge in [-0.25, -0.2) is 4.39 Å². The van der Waals surface area contributed by atoms with Crippen LogP contribution in [0, 0.1) is 5.82 Å². The zero-order chi connectivity index (χ0) is 13.8. The first kappa shape index (κ1) is 13.9. The molecule has 1 atom stereocenters. The summed E-state index contributed by atoms with van der Waals surface area (Å²) < 4.78 is 19.8. The summed E-state index contributed by atoms with van der Waals surface area (Å²) in [6.07, 6.45) is 0. The third kappa shape index (κ3) is 3.47. The second-order valence-corrected chi connectivity index (χ2v) is 5.18. The maximum Gasteiger partial charge on any atom is 0.146 e. The van der Waals surface area contributed by atoms with Gasteiger partial charge < -0.3 is 10.1 Å². The van der Waals surface area contributed by atoms with Crippen molar-refractivity contribution in [1.82, 2.24) is 0 Å². The molecule has 0 amide bonds. The molecule has 19 heavy (non-hydrogen) atoms. The van der Waals surface area contributed by atoms with Crippen LogP contribution in [0.15, 0.2) is 46.9 Å². The molecule has 2 nitrogen and oxygen atoms in total. The van der Waals surface area contributed by atoms with Crippen LogP contribution in [0.2, 0.25) is 0 Å². The molecular formula is C15H15BrFNO. The van der Waals surface area contributed by atoms with E-state index in [1.54, 1.807) is 19.2 Å². The summed E-state index contributed by atoms with van der Waals surface area (Å²) in [6.45, 7) is 1.99. The maximum atomic E-state index is 13.7. The fourth-order valence-corrected chi connectivity index (χ4v) is 2.25. The van der Waals surface area contributed by atoms with Crippen LogP contribution in [0.25, 0.3) is 0 Å². The van der Waals surface area contributed by atoms with Gasteiger partial charge in [0, 0.05) is 16.6 Å². The molecule has 2 rings (SSSR count). The standard InChI is InChI=1S/C15H15BrFNO/c1-10(11-4-3-5-12(16)8-11)18-15-9-13(19-2)6-7-14(15)17/h3-10,18H,1-2H3. The highest BCUT2D eigenvalue weighted by Gasteiger charge is 2.09. The van der Waals surface area contributed by atoms with Crippen LogP contribution in [0.4, 0.5) is 10.1 Å². The predicted molar refractivity (Wildman–Crippen MR) is 79.1 cm³/mol. The molecule has 0 heterocycles. The largest absolute Gasteiger partial charge is 0.497 e. The minimum Gasteiger partial charge on any atom is -0.497 e. The van der Waals surface area contributed by atoms with Crippen molar-refractivity contribution in [2.75, 3.05) is 12.4 Å². The molecule has 0 bridgehead atoms. The minimum atomic E-state index is -0.289. The Labute approximate surface area is 120 Å². The zero-order valence-corrected chi connectivity index (χ0v) is 12.4. The van der Waals surface area contributed by atoms with Crippen molar-refractivity contribution in [1.29, 1.82) is 0 Å². The lowest BCUT2D eigenvalue weighted by molar-refractivity contribution is 0.414. The van der Waals surface area contributed by atoms with Gasteiger partial charge in [0.2, 0.25) is 0 Å². The summed E-state index contributed by atoms with van der Waals surface area (Å²) in [6, 6.07) is 12.6. The maximum absolute atomic E-state index is 13.7. The topological polar surface area (TPSA) is 21.3 Å². The number of rotatable bonds is 4. The third-order valence-corrected chi connectivity index (χ3v) is 3.39. The van der Waals surface area contributed by atoms with E-state index in [0.29, 0.717) is 11.4 Å². The lowest BCUT2D eigenvalue weighted by Crippen LogP contribution is -2.08. The van der Waals surface area contributed by atoms with E-state index in [9.17, 15) is 4.39 Å². The average Bonchev–Trinajstić information content (AvgIpc) is 2.41. The van der Waals surface area contributed by atoms with Gasteiger partial charge in [-0.2, -0.15) is 0 Å². The summed E-state index contributed by atoms with van der Waals surface area (Å²) in [5.74, 6) is 0.341. The number of benzene rings is 2. The molecular weight excluding hydrogens is 309 g/mol. The lowest BCUT2D eigenvalue weighted by Gasteiger charge is -2.17. The number of methoxy groups -OCH3 is 1. The van der Waals surface area contributed by atoms with Crippen LogP contribution >= 0.6 is 15.9 Å². The molecule has 0 saturated carbocycles. The SMILES string of the molecule is COc1ccc(F)c(NC(C)c2cccc(Br)c2)c1. The van der Waals surface area contributed by atoms with Crippen molar-refractivity contribution >= 4 is 21.6 Å². The molecule has 2 aromatic carbocycles. The smallest absolute Gasteiger partial charge is 0.146 e. The summed E-state index contributed by atoms with van der Waals surface area (Å²) in [7, 11) is 1.56. The van der Waals surface area contributed by atoms with Gasteiger partial charge in [0.1, 0.15) is 11.6 Å². The Balaban J connectivity index is 2.21. The van der Waals surface area contributed by atoms with Crippen molar-refractivity contribution in [3.05, 3.63) is 58.3 Å². The number of anilines is 1. The van der Waals surface area contributed by atoms with E-state index in [0.717, 1.165) is 10.0 Å². The van der Waals surface area contributed by atoms with Gasteiger partial charge >= 0.3 is 0 Å². The molecule has 100 valence electrons. The van der Waals surface area contributed by atoms with Crippen LogP contribution < -0.4 is 10.1 Å². The Bertz CT molecular complexity index is 574. The molecule has 0 spiro atoms. The number of ether oxygens (including phenoxy) is 1. The van der Waals surface area contributed by atoms with Gasteiger partial charge in [-0.15, -0.1) is 0 Å². The van der Waals surface area contributed by atoms with Gasteiger partial charge in [-0.3, -0.25) is 0 Å². The van der Waals surface area contributed by atoms with E-state index in [1.165, 1.54) is 6.07 Å². The number of nitrogens with one attached hydrogen (secondary N) is 1. The van der Waals surface area contributed by atoms with Crippen molar-refractivity contribution in [3.8, 4) is 5.75 Å². The number of halogens is 2. The first-order chi connectivity index (χ1) is 9.10. The fraction of sp³-hybridized carbons (Fsp3) is 0.200. The van der Waals surface area contributed by atoms with Crippen molar-refractivity contribution in [2.24, 2.45) is 0 Å². The Morgan fingerprint density at radius 3 is 2.68 bits per heavy atom. The summed E-state index contributed by atoms with van der Waals surface area (Å²) in [5.41, 5.74) is 1.52. The normalized spacial score (nSPS) is 12.0. The fourth-order valence-electron chi connectivity index (χ4n) is 1.83. The van der Waals surface area contributed by atoms with Gasteiger partial charge in [-0.1, -0.05) is 28.1 Å². The van der Waals surface area contributed by atoms with E-state index < -0.39 is 0 Å². The summed E-state index contributed by atoms with van der Waals surface area (Å²) >= 11 is 3.43. The van der Waals surface area contributed by atoms with E-state index in [-0.39, 0.29) is 11.9 Å². The highest BCUT2D eigenvalue weighted by atomic mass is 79.9. The third-order valence-electron chi connectivity index (χ3n) is 2.89. The van der Waals surface area contributed by atoms with Crippen LogP contribution in [-0.2, 0) is 0 Å². The van der Waals surface area contributed by atoms with Gasteiger partial charge in [0.15, 0.2) is 0 Å². The average molecular weight is 324 g/mol. The van der Waals surface area contributed by atoms with Gasteiger partial charge in [0.05, 0.1) is 12.8 Å². The van der Waals surface area contributed by atoms with Crippen LogP contribution in [0.3, 0.4) is 0 Å². The molecule has 0 aliphatic heterocycles. The minimum absolute atomic E-state index is 0.000828. The van der Waals surface area contributed by atoms with Crippen LogP contribution in [0.5, 0.6) is 5.75 Å². The zero-order valence-electron chi connectivity index (χ0n) is 10.8. The second-order valence-electron chi connectivity index (χ2n) is 4.27. The molecule has 4 heteroatoms. The Hall–Kier alpha value is -1.55. The highest BCUT2D eigenvalue weighted by molar-refractivity contribution is 9.10. The Morgan fingerprint density at radius 1 is 1.21 bits per heavy atom. The van der Waals surface area contributed by atoms with E-state index in [1.807, 2.05) is 31.2 Å². The molecule has 0 radical (unpaired) electrons. The number of hydrogen-bond acceptors (Lipinski definition) is 2. The second kappa shape index (κ2) is 6.06. The first-order valence-corrected chi connectivity index (χ1v) is 6.75. The molecule has 0 aromatic heterocycles. The molecule has 1 N–H and O–H groups in total. The van der Waals surface area contributed by atoms with E-state index >= 15 is 0 Å². The molecule has 0 aliphatic carbocycles. The summed E-state index contributed by atoms with van der Waals surface area (Å²) in [5, 5.41) is 3.15. The van der Waals surface area contributed by atoms with Crippen LogP contribution in [-0.4, -0.2) is 7.11 Å². The Kier molecular flexibility index (Phi) is 4.43. The lowest BCUT2D eigenvalue weighted by atomic mass is 10.1. The van der Waals surface area contributed by atoms with Crippen LogP contribution in [0.1, 0.15) is 18.5 Å². The Morgan fingerprint density at radius 2 is 2.00 bits per heavy atom. The summed E-state index contributed by atoms with van der Waals surface area (Å²) in [4.78, 5) is 0. The molecule has 0 saturated heterocycles. The van der Waals surface area contributed by atoms with Gasteiger partial charge in [0.25, 0.3) is 0 Å². The van der Waals surface area contributed by atoms with Crippen molar-refractivity contribution in [3.63, 3.8) is 0 Å². The molecule has 1 unspecified atom stereocenters. The number of hydrogen-bond donors (Lipinski definition) is 1. The molecule has 0 fully saturated rings. The van der Waals surface area contributed by atoms with E-state index in [2.05, 4.69) is 21.2 Å². The first-order valence-electron chi connectivity index (χ1n) is 5.95. The van der Waals surface area contributed by atoms with Crippen molar-refractivity contribution in [2.45, 2.75) is 13.0 Å². The molecule has 2 aromatic rings. The quantitative estimate of drug-likeness (QED) is 0.875. The predicted octanol–water partition coefficient (Wildman–Crippen LogP) is 4.77. The monoisotopic (exact) mass is 323 g/mol. The highest BCUT2D eigenvalue weighted by Crippen LogP contribution is 2.26. The van der Waals surface area contributed by atoms with Crippen molar-refractivity contribution < 1.29 is 9.13 Å². The molecule has 0 aliphatic rings.